The summed E-state index contributed by atoms with van der Waals surface area (Å²) in [6, 6.07) is 2.23. The maximum atomic E-state index is 12.9. The Morgan fingerprint density at radius 2 is 1.87 bits per heavy atom. The van der Waals surface area contributed by atoms with Gasteiger partial charge in [-0.2, -0.15) is 18.4 Å². The molecule has 30 heavy (non-hydrogen) atoms. The Kier molecular flexibility index (Phi) is 6.40. The molecule has 2 aromatic heterocycles. The zero-order valence-electron chi connectivity index (χ0n) is 14.1. The lowest BCUT2D eigenvalue weighted by Gasteiger charge is -2.14. The molecule has 0 aromatic carbocycles. The van der Waals surface area contributed by atoms with Crippen molar-refractivity contribution in [3.63, 3.8) is 0 Å². The lowest BCUT2D eigenvalue weighted by molar-refractivity contribution is -0.275. The number of anilines is 1. The van der Waals surface area contributed by atoms with E-state index in [1.54, 1.807) is 0 Å². The van der Waals surface area contributed by atoms with Crippen molar-refractivity contribution in [3.05, 3.63) is 44.0 Å². The van der Waals surface area contributed by atoms with Crippen LogP contribution in [0, 0.1) is 11.3 Å². The number of alkyl halides is 8. The molecule has 15 heteroatoms. The van der Waals surface area contributed by atoms with E-state index in [0.717, 1.165) is 0 Å². The number of hydrogen-bond donors (Lipinski definition) is 1. The summed E-state index contributed by atoms with van der Waals surface area (Å²) in [6.45, 7) is -1.34. The third-order valence-corrected chi connectivity index (χ3v) is 4.38. The summed E-state index contributed by atoms with van der Waals surface area (Å²) < 4.78 is 105. The molecule has 0 saturated heterocycles. The number of hydrogen-bond acceptors (Lipinski definition) is 5. The summed E-state index contributed by atoms with van der Waals surface area (Å²) in [6.07, 6.45) is -12.9. The molecule has 6 nitrogen and oxygen atoms in total. The van der Waals surface area contributed by atoms with E-state index in [2.05, 4.69) is 4.74 Å². The molecule has 2 aromatic rings. The van der Waals surface area contributed by atoms with Gasteiger partial charge in [-0.3, -0.25) is 9.59 Å². The Morgan fingerprint density at radius 1 is 1.23 bits per heavy atom. The summed E-state index contributed by atoms with van der Waals surface area (Å²) >= 11 is -0.109. The Morgan fingerprint density at radius 3 is 2.33 bits per heavy atom. The van der Waals surface area contributed by atoms with E-state index in [1.807, 2.05) is 5.32 Å². The van der Waals surface area contributed by atoms with Crippen LogP contribution in [0.5, 0.6) is 5.75 Å². The number of rotatable bonds is 5. The lowest BCUT2D eigenvalue weighted by atomic mass is 10.2. The molecule has 0 aliphatic rings. The molecule has 0 fully saturated rings. The number of nitriles is 1. The van der Waals surface area contributed by atoms with Crippen LogP contribution in [-0.2, 0) is 12.7 Å². The van der Waals surface area contributed by atoms with Crippen molar-refractivity contribution in [2.75, 3.05) is 5.32 Å². The number of ether oxygens (including phenoxy) is 1. The second kappa shape index (κ2) is 8.30. The summed E-state index contributed by atoms with van der Waals surface area (Å²) in [5.74, 6) is -2.73. The molecule has 0 bridgehead atoms. The molecule has 0 aliphatic heterocycles. The number of nitrogens with zero attached hydrogens (tertiary/aromatic N) is 2. The van der Waals surface area contributed by atoms with Gasteiger partial charge in [-0.15, -0.1) is 24.5 Å². The van der Waals surface area contributed by atoms with E-state index in [9.17, 15) is 44.7 Å². The number of halogens is 8. The molecule has 0 radical (unpaired) electrons. The molecular weight excluding hydrogens is 454 g/mol. The predicted molar refractivity (Wildman–Crippen MR) is 85.4 cm³/mol. The fourth-order valence-corrected chi connectivity index (χ4v) is 3.02. The van der Waals surface area contributed by atoms with Crippen LogP contribution in [0.4, 0.5) is 40.8 Å². The van der Waals surface area contributed by atoms with Gasteiger partial charge in [-0.1, -0.05) is 0 Å². The second-order valence-corrected chi connectivity index (χ2v) is 6.46. The van der Waals surface area contributed by atoms with Crippen LogP contribution in [-0.4, -0.2) is 23.3 Å². The molecule has 1 amide bonds. The Balaban J connectivity index is 2.43. The highest BCUT2D eigenvalue weighted by Crippen LogP contribution is 2.38. The minimum atomic E-state index is -5.36. The number of carbonyl (C=O) groups excluding carboxylic acids is 1. The van der Waals surface area contributed by atoms with Gasteiger partial charge in [-0.05, 0) is 6.07 Å². The molecule has 0 saturated carbocycles. The first-order valence-electron chi connectivity index (χ1n) is 7.42. The van der Waals surface area contributed by atoms with E-state index in [4.69, 9.17) is 5.26 Å². The first-order valence-corrected chi connectivity index (χ1v) is 8.23. The molecular formula is C15H7F8N3O3S. The van der Waals surface area contributed by atoms with Crippen LogP contribution in [0.15, 0.2) is 23.1 Å². The zero-order valence-corrected chi connectivity index (χ0v) is 14.9. The first kappa shape index (κ1) is 23.1. The Hall–Kier alpha value is -3.15. The number of amides is 1. The third-order valence-electron chi connectivity index (χ3n) is 3.21. The van der Waals surface area contributed by atoms with Gasteiger partial charge in [0.05, 0.1) is 22.7 Å². The van der Waals surface area contributed by atoms with Crippen molar-refractivity contribution in [2.24, 2.45) is 0 Å². The second-order valence-electron chi connectivity index (χ2n) is 5.41. The van der Waals surface area contributed by atoms with Gasteiger partial charge in [0.1, 0.15) is 10.9 Å². The van der Waals surface area contributed by atoms with Gasteiger partial charge in [0.2, 0.25) is 0 Å². The molecule has 1 N–H and O–H groups in total. The summed E-state index contributed by atoms with van der Waals surface area (Å²) in [4.78, 5) is 22.0. The van der Waals surface area contributed by atoms with Crippen molar-refractivity contribution in [2.45, 2.75) is 25.5 Å². The Labute approximate surface area is 164 Å². The van der Waals surface area contributed by atoms with Crippen LogP contribution in [0.1, 0.15) is 20.1 Å². The molecule has 0 unspecified atom stereocenters. The quantitative estimate of drug-likeness (QED) is 0.677. The third kappa shape index (κ3) is 5.69. The summed E-state index contributed by atoms with van der Waals surface area (Å²) in [5.41, 5.74) is -3.07. The SMILES string of the molecule is N#Cc1cc(C(=O)Nc2cc(OC(F)(F)F)c(=O)n(CC(F)F)c2)sc1C(F)(F)F. The van der Waals surface area contributed by atoms with Gasteiger partial charge in [0.25, 0.3) is 17.9 Å². The summed E-state index contributed by atoms with van der Waals surface area (Å²) in [5, 5.41) is 10.6. The maximum absolute atomic E-state index is 12.9. The van der Waals surface area contributed by atoms with Crippen LogP contribution in [0.3, 0.4) is 0 Å². The Bertz CT molecular complexity index is 1050. The minimum absolute atomic E-state index is 0.109. The largest absolute Gasteiger partial charge is 0.573 e. The lowest BCUT2D eigenvalue weighted by Crippen LogP contribution is -2.29. The number of carbonyl (C=O) groups is 1. The van der Waals surface area contributed by atoms with Crippen LogP contribution in [0.2, 0.25) is 0 Å². The zero-order chi connectivity index (χ0) is 22.9. The fraction of sp³-hybridized carbons (Fsp3) is 0.267. The van der Waals surface area contributed by atoms with E-state index in [1.165, 1.54) is 6.07 Å². The molecule has 0 atom stereocenters. The molecule has 2 rings (SSSR count). The summed E-state index contributed by atoms with van der Waals surface area (Å²) in [7, 11) is 0. The highest BCUT2D eigenvalue weighted by molar-refractivity contribution is 7.14. The average molecular weight is 461 g/mol. The number of nitrogens with one attached hydrogen (secondary N) is 1. The molecule has 0 aliphatic carbocycles. The standard InChI is InChI=1S/C15H7F8N3O3S/c16-10(17)5-26-4-7(2-8(13(26)28)29-15(21,22)23)25-12(27)9-1-6(3-24)11(30-9)14(18,19)20/h1-2,4,10H,5H2,(H,25,27). The molecule has 162 valence electrons. The van der Waals surface area contributed by atoms with Gasteiger partial charge in [0, 0.05) is 12.3 Å². The van der Waals surface area contributed by atoms with Crippen molar-refractivity contribution in [1.82, 2.24) is 4.57 Å². The van der Waals surface area contributed by atoms with E-state index >= 15 is 0 Å². The highest BCUT2D eigenvalue weighted by atomic mass is 32.1. The normalized spacial score (nSPS) is 12.0. The number of thiophene rings is 1. The highest BCUT2D eigenvalue weighted by Gasteiger charge is 2.37. The number of aromatic nitrogens is 1. The van der Waals surface area contributed by atoms with Crippen LogP contribution < -0.4 is 15.6 Å². The van der Waals surface area contributed by atoms with Crippen molar-refractivity contribution in [1.29, 1.82) is 5.26 Å². The van der Waals surface area contributed by atoms with Crippen LogP contribution >= 0.6 is 11.3 Å². The fourth-order valence-electron chi connectivity index (χ4n) is 2.15. The molecule has 2 heterocycles. The van der Waals surface area contributed by atoms with E-state index in [-0.39, 0.29) is 15.9 Å². The maximum Gasteiger partial charge on any atom is 0.573 e. The van der Waals surface area contributed by atoms with Gasteiger partial charge in [-0.25, -0.2) is 8.78 Å². The smallest absolute Gasteiger partial charge is 0.400 e. The van der Waals surface area contributed by atoms with Crippen LogP contribution in [0.25, 0.3) is 0 Å². The first-order chi connectivity index (χ1) is 13.7. The van der Waals surface area contributed by atoms with E-state index < -0.39 is 63.7 Å². The van der Waals surface area contributed by atoms with Crippen molar-refractivity contribution < 1.29 is 44.7 Å². The number of pyridine rings is 1. The van der Waals surface area contributed by atoms with Gasteiger partial charge >= 0.3 is 12.5 Å². The predicted octanol–water partition coefficient (Wildman–Crippen LogP) is 4.22. The van der Waals surface area contributed by atoms with E-state index in [0.29, 0.717) is 18.3 Å². The van der Waals surface area contributed by atoms with Gasteiger partial charge in [0.15, 0.2) is 5.75 Å². The van der Waals surface area contributed by atoms with Gasteiger partial charge < -0.3 is 14.6 Å². The average Bonchev–Trinajstić information content (AvgIpc) is 3.02. The monoisotopic (exact) mass is 461 g/mol. The minimum Gasteiger partial charge on any atom is -0.400 e. The topological polar surface area (TPSA) is 84.1 Å². The van der Waals surface area contributed by atoms with Crippen molar-refractivity contribution >= 4 is 22.9 Å². The molecule has 0 spiro atoms. The van der Waals surface area contributed by atoms with Crippen molar-refractivity contribution in [3.8, 4) is 11.8 Å².